The standard InChI is InChI=1S/C22H28N4O3.2C21H26N4O3.C20H24N4O3.2CH4/c1-11(2)24-21(27)17-13(4)12(3)14(5)19(15(17)6)29-16-9-10-23-20-18(16)25(7)22(28)26(20)8;1-10(2)23-20(26)16-12(4)11(3)13(5)18(14(16)6)28-15-8-9-22-19-17(15)25(7)21(27)24-19;1-10(2)23-20(26)16-12(4)11(3)13(5)18(14(16)6)28-15-8-9-22-19-17(15)24-21(27)25(19)7;1-9(2)22-19(25)15-11(4)10(3)12(5)17(13(15)6)27-14-7-8-21-18-16(14)23-20(26)24-18;;/h9-11H,1-8H3,(H,24,27);8-10H,1-7H3,(H,23,26)(H,22,24,27);8-10H,1-7H3,(H,23,26)(H,24,27);7-9H,1-6H3,(H,22,25)(H2,21,23,24,26);2*1H4. The molecule has 28 heteroatoms. The number of aromatic nitrogens is 12. The van der Waals surface area contributed by atoms with Gasteiger partial charge in [-0.2, -0.15) is 0 Å². The first-order valence-electron chi connectivity index (χ1n) is 37.0. The van der Waals surface area contributed by atoms with Crippen molar-refractivity contribution in [2.45, 2.75) is 205 Å². The Labute approximate surface area is 664 Å². The Balaban J connectivity index is 0.000000209. The van der Waals surface area contributed by atoms with Crippen molar-refractivity contribution in [2.24, 2.45) is 28.2 Å². The van der Waals surface area contributed by atoms with Crippen LogP contribution in [0.25, 0.3) is 44.7 Å². The van der Waals surface area contributed by atoms with E-state index in [1.54, 1.807) is 77.2 Å². The van der Waals surface area contributed by atoms with Crippen molar-refractivity contribution in [2.75, 3.05) is 0 Å². The molecule has 0 aliphatic rings. The zero-order valence-corrected chi connectivity index (χ0v) is 69.4. The van der Waals surface area contributed by atoms with Crippen LogP contribution in [0.15, 0.2) is 68.2 Å². The summed E-state index contributed by atoms with van der Waals surface area (Å²) in [4.78, 5) is 127. The largest absolute Gasteiger partial charge is 0.454 e. The van der Waals surface area contributed by atoms with Gasteiger partial charge in [-0.15, -0.1) is 0 Å². The third-order valence-electron chi connectivity index (χ3n) is 20.6. The van der Waals surface area contributed by atoms with E-state index >= 15 is 0 Å². The van der Waals surface area contributed by atoms with Crippen LogP contribution in [0.3, 0.4) is 0 Å². The molecule has 0 unspecified atom stereocenters. The predicted octanol–water partition coefficient (Wildman–Crippen LogP) is 15.0. The average molecular weight is 1560 g/mol. The summed E-state index contributed by atoms with van der Waals surface area (Å²) >= 11 is 0. The summed E-state index contributed by atoms with van der Waals surface area (Å²) in [6.07, 6.45) is 6.38. The van der Waals surface area contributed by atoms with Crippen LogP contribution in [0.4, 0.5) is 0 Å². The lowest BCUT2D eigenvalue weighted by Crippen LogP contribution is -2.31. The average Bonchev–Trinajstić information content (AvgIpc) is 1.52. The van der Waals surface area contributed by atoms with E-state index in [2.05, 4.69) is 61.1 Å². The minimum atomic E-state index is -0.348. The van der Waals surface area contributed by atoms with Gasteiger partial charge < -0.3 is 50.2 Å². The number of fused-ring (bicyclic) bond motifs is 4. The van der Waals surface area contributed by atoms with Gasteiger partial charge in [-0.25, -0.2) is 39.1 Å². The smallest absolute Gasteiger partial charge is 0.329 e. The molecule has 0 aliphatic heterocycles. The number of rotatable bonds is 16. The zero-order chi connectivity index (χ0) is 83.0. The van der Waals surface area contributed by atoms with E-state index in [9.17, 15) is 38.4 Å². The van der Waals surface area contributed by atoms with Gasteiger partial charge in [-0.3, -0.25) is 47.4 Å². The Morgan fingerprint density at radius 3 is 1.00 bits per heavy atom. The van der Waals surface area contributed by atoms with Crippen molar-refractivity contribution < 1.29 is 38.1 Å². The fraction of sp³-hybridized carbons (Fsp3) is 0.395. The van der Waals surface area contributed by atoms with E-state index in [1.807, 2.05) is 166 Å². The number of aromatic amines is 4. The molecule has 8 heterocycles. The molecule has 12 rings (SSSR count). The number of imidazole rings is 4. The van der Waals surface area contributed by atoms with Gasteiger partial charge in [-0.1, -0.05) is 14.9 Å². The van der Waals surface area contributed by atoms with Crippen LogP contribution in [-0.4, -0.2) is 106 Å². The molecule has 8 aromatic heterocycles. The SMILES string of the molecule is C.C.Cc1c(C)c(Oc2ccnc3[nH]c(=O)[nH]c23)c(C)c(C(=O)NC(C)C)c1C.Cc1c(C)c(Oc2ccnc3[nH]c(=O)n(C)c23)c(C)c(C(=O)NC(C)C)c1C.Cc1c(C)c(Oc2ccnc3c2[nH]c(=O)n3C)c(C)c(C(=O)NC(C)C)c1C.Cc1c(C)c(Oc2ccnc3c2n(C)c(=O)n3C)c(C)c(C(=O)NC(C)C)c1C. The molecule has 0 aliphatic carbocycles. The van der Waals surface area contributed by atoms with Gasteiger partial charge in [0.1, 0.15) is 45.1 Å². The summed E-state index contributed by atoms with van der Waals surface area (Å²) in [5.74, 6) is 4.01. The van der Waals surface area contributed by atoms with E-state index in [4.69, 9.17) is 18.9 Å². The highest BCUT2D eigenvalue weighted by Gasteiger charge is 2.29. The maximum Gasteiger partial charge on any atom is 0.329 e. The number of nitrogens with zero attached hydrogens (tertiary/aromatic N) is 8. The Morgan fingerprint density at radius 2 is 0.632 bits per heavy atom. The van der Waals surface area contributed by atoms with E-state index in [-0.39, 0.29) is 85.4 Å². The molecule has 12 aromatic rings. The molecule has 4 aromatic carbocycles. The summed E-state index contributed by atoms with van der Waals surface area (Å²) in [7, 11) is 6.69. The van der Waals surface area contributed by atoms with Crippen LogP contribution in [-0.2, 0) is 28.2 Å². The Kier molecular flexibility index (Phi) is 27.7. The predicted molar refractivity (Wildman–Crippen MR) is 451 cm³/mol. The number of hydrogen-bond acceptors (Lipinski definition) is 16. The molecule has 4 amide bonds. The van der Waals surface area contributed by atoms with E-state index in [0.717, 1.165) is 89.0 Å². The maximum absolute atomic E-state index is 12.9. The first-order valence-corrected chi connectivity index (χ1v) is 37.0. The normalized spacial score (nSPS) is 11.1. The van der Waals surface area contributed by atoms with Crippen molar-refractivity contribution in [1.82, 2.24) is 79.4 Å². The summed E-state index contributed by atoms with van der Waals surface area (Å²) < 4.78 is 31.0. The van der Waals surface area contributed by atoms with Crippen molar-refractivity contribution in [3.8, 4) is 46.0 Å². The second-order valence-corrected chi connectivity index (χ2v) is 29.7. The monoisotopic (exact) mass is 1560 g/mol. The van der Waals surface area contributed by atoms with Crippen molar-refractivity contribution in [3.05, 3.63) is 202 Å². The van der Waals surface area contributed by atoms with Crippen molar-refractivity contribution in [1.29, 1.82) is 0 Å². The molecule has 114 heavy (non-hydrogen) atoms. The number of nitrogens with one attached hydrogen (secondary N) is 8. The number of hydrogen-bond donors (Lipinski definition) is 8. The Bertz CT molecular complexity index is 6010. The topological polar surface area (TPSA) is 356 Å². The van der Waals surface area contributed by atoms with Gasteiger partial charge in [0, 0.05) is 146 Å². The van der Waals surface area contributed by atoms with Crippen LogP contribution in [0.2, 0.25) is 0 Å². The second kappa shape index (κ2) is 35.6. The number of amides is 4. The zero-order valence-electron chi connectivity index (χ0n) is 69.4. The fourth-order valence-electron chi connectivity index (χ4n) is 13.9. The van der Waals surface area contributed by atoms with E-state index < -0.39 is 0 Å². The molecule has 28 nitrogen and oxygen atoms in total. The van der Waals surface area contributed by atoms with E-state index in [1.165, 1.54) is 18.3 Å². The third kappa shape index (κ3) is 17.5. The van der Waals surface area contributed by atoms with Crippen molar-refractivity contribution >= 4 is 68.3 Å². The molecule has 0 atom stereocenters. The highest BCUT2D eigenvalue weighted by molar-refractivity contribution is 6.01. The highest BCUT2D eigenvalue weighted by Crippen LogP contribution is 2.42. The summed E-state index contributed by atoms with van der Waals surface area (Å²) in [6, 6.07) is 6.99. The minimum absolute atomic E-state index is 0. The number of carbonyl (C=O) groups is 4. The van der Waals surface area contributed by atoms with Crippen LogP contribution in [0, 0.1) is 111 Å². The van der Waals surface area contributed by atoms with Crippen LogP contribution in [0.1, 0.15) is 201 Å². The van der Waals surface area contributed by atoms with Gasteiger partial charge in [0.15, 0.2) is 45.6 Å². The molecule has 8 N–H and O–H groups in total. The molecule has 608 valence electrons. The molecule has 0 fully saturated rings. The van der Waals surface area contributed by atoms with Gasteiger partial charge in [0.05, 0.1) is 0 Å². The van der Waals surface area contributed by atoms with Crippen LogP contribution >= 0.6 is 0 Å². The number of benzene rings is 4. The van der Waals surface area contributed by atoms with Crippen LogP contribution in [0.5, 0.6) is 46.0 Å². The second-order valence-electron chi connectivity index (χ2n) is 29.7. The number of pyridine rings is 4. The first-order chi connectivity index (χ1) is 52.5. The Hall–Kier alpha value is -12.4. The quantitative estimate of drug-likeness (QED) is 0.0445. The molecule has 0 radical (unpaired) electrons. The molecule has 0 saturated carbocycles. The van der Waals surface area contributed by atoms with Gasteiger partial charge in [0.2, 0.25) is 0 Å². The van der Waals surface area contributed by atoms with Gasteiger partial charge >= 0.3 is 22.8 Å². The Morgan fingerprint density at radius 1 is 0.325 bits per heavy atom. The van der Waals surface area contributed by atoms with Gasteiger partial charge in [-0.05, 0) is 233 Å². The van der Waals surface area contributed by atoms with Crippen molar-refractivity contribution in [3.63, 3.8) is 0 Å². The third-order valence-corrected chi connectivity index (χ3v) is 20.6. The lowest BCUT2D eigenvalue weighted by molar-refractivity contribution is 0.0932. The number of aryl methyl sites for hydroxylation is 4. The minimum Gasteiger partial charge on any atom is -0.454 e. The number of carbonyl (C=O) groups excluding carboxylic acids is 4. The molecular formula is C86H112N16O12. The maximum atomic E-state index is 12.9. The van der Waals surface area contributed by atoms with Gasteiger partial charge in [0.25, 0.3) is 23.6 Å². The highest BCUT2D eigenvalue weighted by atomic mass is 16.5. The molecule has 0 saturated heterocycles. The van der Waals surface area contributed by atoms with E-state index in [0.29, 0.717) is 113 Å². The fourth-order valence-corrected chi connectivity index (χ4v) is 13.9. The van der Waals surface area contributed by atoms with Crippen LogP contribution < -0.4 is 63.0 Å². The summed E-state index contributed by atoms with van der Waals surface area (Å²) in [5.41, 5.74) is 20.3. The lowest BCUT2D eigenvalue weighted by Gasteiger charge is -2.21. The molecule has 0 bridgehead atoms. The summed E-state index contributed by atoms with van der Waals surface area (Å²) in [5, 5.41) is 11.9. The number of ether oxygens (including phenoxy) is 4. The molecular weight excluding hydrogens is 1450 g/mol. The first kappa shape index (κ1) is 88.9. The summed E-state index contributed by atoms with van der Waals surface area (Å²) in [6.45, 7) is 46.6. The molecule has 0 spiro atoms. The lowest BCUT2D eigenvalue weighted by atomic mass is 9.92. The number of H-pyrrole nitrogens is 4.